The summed E-state index contributed by atoms with van der Waals surface area (Å²) in [5.41, 5.74) is 4.57. The third-order valence-electron chi connectivity index (χ3n) is 7.16. The summed E-state index contributed by atoms with van der Waals surface area (Å²) in [6.45, 7) is 3.70. The van der Waals surface area contributed by atoms with Crippen molar-refractivity contribution >= 4 is 20.9 Å². The minimum Gasteiger partial charge on any atom is -0.288 e. The quantitative estimate of drug-likeness (QED) is 0.320. The number of halogens is 1. The van der Waals surface area contributed by atoms with E-state index >= 15 is 0 Å². The van der Waals surface area contributed by atoms with Crippen molar-refractivity contribution in [2.45, 2.75) is 24.5 Å². The molecule has 6 rings (SSSR count). The molecule has 0 bridgehead atoms. The summed E-state index contributed by atoms with van der Waals surface area (Å²) in [5.74, 6) is -0.306. The van der Waals surface area contributed by atoms with Gasteiger partial charge >= 0.3 is 0 Å². The van der Waals surface area contributed by atoms with Crippen LogP contribution in [0.3, 0.4) is 0 Å². The van der Waals surface area contributed by atoms with Crippen LogP contribution in [-0.2, 0) is 30.7 Å². The second-order valence-corrected chi connectivity index (χ2v) is 11.7. The Labute approximate surface area is 225 Å². The summed E-state index contributed by atoms with van der Waals surface area (Å²) in [7, 11) is -0.347. The lowest BCUT2D eigenvalue weighted by atomic mass is 9.96. The van der Waals surface area contributed by atoms with E-state index in [4.69, 9.17) is 0 Å². The van der Waals surface area contributed by atoms with Gasteiger partial charge < -0.3 is 0 Å². The number of nitrogens with zero attached hydrogens (tertiary/aromatic N) is 9. The SMILES string of the molecule is Cc1cc2c(cnn2-c2ccc(F)cc2)cc1C1CN(S(=O)(=O)c2cnn(C)n2)CCN1Cc1ccn(C)n1. The molecule has 4 heterocycles. The van der Waals surface area contributed by atoms with Gasteiger partial charge in [-0.1, -0.05) is 0 Å². The fourth-order valence-electron chi connectivity index (χ4n) is 5.17. The number of benzene rings is 2. The zero-order valence-corrected chi connectivity index (χ0v) is 22.6. The average molecular weight is 550 g/mol. The molecule has 1 unspecified atom stereocenters. The van der Waals surface area contributed by atoms with Gasteiger partial charge in [-0.25, -0.2) is 17.5 Å². The highest BCUT2D eigenvalue weighted by atomic mass is 32.2. The van der Waals surface area contributed by atoms with Crippen LogP contribution in [0.5, 0.6) is 0 Å². The van der Waals surface area contributed by atoms with Crippen molar-refractivity contribution in [2.24, 2.45) is 14.1 Å². The van der Waals surface area contributed by atoms with Crippen LogP contribution in [0, 0.1) is 12.7 Å². The van der Waals surface area contributed by atoms with Crippen molar-refractivity contribution in [3.8, 4) is 5.69 Å². The summed E-state index contributed by atoms with van der Waals surface area (Å²) < 4.78 is 45.4. The molecule has 5 aromatic rings. The van der Waals surface area contributed by atoms with Crippen LogP contribution >= 0.6 is 0 Å². The topological polar surface area (TPSA) is 107 Å². The van der Waals surface area contributed by atoms with Gasteiger partial charge in [0.1, 0.15) is 5.82 Å². The van der Waals surface area contributed by atoms with E-state index in [-0.39, 0.29) is 23.4 Å². The van der Waals surface area contributed by atoms with Crippen LogP contribution in [0.1, 0.15) is 22.9 Å². The summed E-state index contributed by atoms with van der Waals surface area (Å²) in [6, 6.07) is 12.1. The first kappa shape index (κ1) is 25.3. The summed E-state index contributed by atoms with van der Waals surface area (Å²) in [6.07, 6.45) is 4.97. The van der Waals surface area contributed by atoms with E-state index in [2.05, 4.69) is 37.4 Å². The molecule has 1 aliphatic rings. The Balaban J connectivity index is 1.39. The number of aromatic nitrogens is 7. The number of hydrogen-bond acceptors (Lipinski definition) is 7. The van der Waals surface area contributed by atoms with Gasteiger partial charge in [0.15, 0.2) is 0 Å². The van der Waals surface area contributed by atoms with Crippen LogP contribution in [0.25, 0.3) is 16.6 Å². The minimum absolute atomic E-state index is 0.0605. The van der Waals surface area contributed by atoms with E-state index in [9.17, 15) is 12.8 Å². The first-order valence-corrected chi connectivity index (χ1v) is 14.0. The first-order valence-electron chi connectivity index (χ1n) is 12.5. The first-order chi connectivity index (χ1) is 18.7. The third-order valence-corrected chi connectivity index (χ3v) is 8.88. The monoisotopic (exact) mass is 549 g/mol. The van der Waals surface area contributed by atoms with Crippen molar-refractivity contribution in [3.63, 3.8) is 0 Å². The second kappa shape index (κ2) is 9.67. The minimum atomic E-state index is -3.82. The molecule has 13 heteroatoms. The fourth-order valence-corrected chi connectivity index (χ4v) is 6.50. The summed E-state index contributed by atoms with van der Waals surface area (Å²) in [4.78, 5) is 3.52. The van der Waals surface area contributed by atoms with Gasteiger partial charge in [-0.3, -0.25) is 9.58 Å². The highest BCUT2D eigenvalue weighted by Crippen LogP contribution is 2.34. The number of piperazine rings is 1. The summed E-state index contributed by atoms with van der Waals surface area (Å²) >= 11 is 0. The van der Waals surface area contributed by atoms with Crippen LogP contribution < -0.4 is 0 Å². The maximum atomic E-state index is 13.5. The number of aryl methyl sites for hydroxylation is 3. The molecule has 1 saturated heterocycles. The molecule has 0 spiro atoms. The second-order valence-electron chi connectivity index (χ2n) is 9.80. The highest BCUT2D eigenvalue weighted by molar-refractivity contribution is 7.89. The fraction of sp³-hybridized carbons (Fsp3) is 0.308. The van der Waals surface area contributed by atoms with Gasteiger partial charge in [-0.15, -0.1) is 5.10 Å². The van der Waals surface area contributed by atoms with Crippen LogP contribution in [0.2, 0.25) is 0 Å². The van der Waals surface area contributed by atoms with E-state index in [1.807, 2.05) is 26.2 Å². The van der Waals surface area contributed by atoms with E-state index in [1.54, 1.807) is 34.7 Å². The molecular formula is C26H28FN9O2S. The lowest BCUT2D eigenvalue weighted by Crippen LogP contribution is -2.50. The number of hydrogen-bond donors (Lipinski definition) is 0. The molecule has 2 aromatic carbocycles. The van der Waals surface area contributed by atoms with Crippen molar-refractivity contribution in [3.05, 3.63) is 83.7 Å². The van der Waals surface area contributed by atoms with Crippen LogP contribution in [0.15, 0.2) is 66.1 Å². The number of fused-ring (bicyclic) bond motifs is 1. The predicted molar refractivity (Wildman–Crippen MR) is 142 cm³/mol. The van der Waals surface area contributed by atoms with Gasteiger partial charge in [0.2, 0.25) is 5.03 Å². The molecule has 0 radical (unpaired) electrons. The van der Waals surface area contributed by atoms with Gasteiger partial charge in [0, 0.05) is 57.9 Å². The molecule has 1 fully saturated rings. The molecule has 0 amide bonds. The van der Waals surface area contributed by atoms with E-state index in [0.717, 1.165) is 33.4 Å². The Hall–Kier alpha value is -3.94. The largest absolute Gasteiger partial charge is 0.288 e. The van der Waals surface area contributed by atoms with Crippen molar-refractivity contribution in [2.75, 3.05) is 19.6 Å². The Morgan fingerprint density at radius 1 is 1.00 bits per heavy atom. The molecule has 0 saturated carbocycles. The van der Waals surface area contributed by atoms with Crippen molar-refractivity contribution in [1.82, 2.24) is 43.8 Å². The zero-order chi connectivity index (χ0) is 27.3. The normalized spacial score (nSPS) is 17.3. The Bertz CT molecular complexity index is 1760. The van der Waals surface area contributed by atoms with E-state index in [0.29, 0.717) is 19.6 Å². The smallest absolute Gasteiger partial charge is 0.264 e. The highest BCUT2D eigenvalue weighted by Gasteiger charge is 2.37. The lowest BCUT2D eigenvalue weighted by molar-refractivity contribution is 0.109. The van der Waals surface area contributed by atoms with Crippen molar-refractivity contribution < 1.29 is 12.8 Å². The Morgan fingerprint density at radius 3 is 2.49 bits per heavy atom. The molecule has 1 aliphatic heterocycles. The van der Waals surface area contributed by atoms with Crippen molar-refractivity contribution in [1.29, 1.82) is 0 Å². The molecule has 202 valence electrons. The Kier molecular flexibility index (Phi) is 6.28. The molecule has 1 atom stereocenters. The molecule has 0 aliphatic carbocycles. The van der Waals surface area contributed by atoms with E-state index < -0.39 is 10.0 Å². The van der Waals surface area contributed by atoms with Gasteiger partial charge in [-0.05, 0) is 60.5 Å². The van der Waals surface area contributed by atoms with E-state index in [1.165, 1.54) is 27.4 Å². The van der Waals surface area contributed by atoms with Gasteiger partial charge in [0.25, 0.3) is 10.0 Å². The Morgan fingerprint density at radius 2 is 1.79 bits per heavy atom. The van der Waals surface area contributed by atoms with Crippen LogP contribution in [0.4, 0.5) is 4.39 Å². The lowest BCUT2D eigenvalue weighted by Gasteiger charge is -2.41. The molecule has 3 aromatic heterocycles. The van der Waals surface area contributed by atoms with Gasteiger partial charge in [0.05, 0.1) is 29.3 Å². The molecule has 39 heavy (non-hydrogen) atoms. The average Bonchev–Trinajstić information content (AvgIpc) is 3.64. The molecule has 11 nitrogen and oxygen atoms in total. The standard InChI is InChI=1S/C26H28FN9O2S/c1-18-12-24-19(14-29-36(24)22-6-4-20(27)5-7-22)13-23(18)25-17-35(39(37,38)26-15-28-33(3)31-26)11-10-34(25)16-21-8-9-32(2)30-21/h4-9,12-15,25H,10-11,16-17H2,1-3H3. The number of sulfonamides is 1. The maximum Gasteiger partial charge on any atom is 0.264 e. The molecule has 0 N–H and O–H groups in total. The number of rotatable bonds is 6. The third kappa shape index (κ3) is 4.73. The van der Waals surface area contributed by atoms with Gasteiger partial charge in [-0.2, -0.15) is 24.4 Å². The predicted octanol–water partition coefficient (Wildman–Crippen LogP) is 2.58. The zero-order valence-electron chi connectivity index (χ0n) is 21.8. The molecular weight excluding hydrogens is 521 g/mol. The van der Waals surface area contributed by atoms with Crippen LogP contribution in [-0.4, -0.2) is 71.8 Å². The maximum absolute atomic E-state index is 13.5. The summed E-state index contributed by atoms with van der Waals surface area (Å²) in [5, 5.41) is 18.0.